The predicted octanol–water partition coefficient (Wildman–Crippen LogP) is 2.62. The molecule has 0 saturated heterocycles. The second-order valence-electron chi connectivity index (χ2n) is 4.13. The van der Waals surface area contributed by atoms with Gasteiger partial charge < -0.3 is 4.74 Å². The lowest BCUT2D eigenvalue weighted by atomic mass is 10.1. The Bertz CT molecular complexity index is 616. The minimum Gasteiger partial charge on any atom is -0.468 e. The first-order valence-corrected chi connectivity index (χ1v) is 6.91. The van der Waals surface area contributed by atoms with E-state index in [9.17, 15) is 4.79 Å². The maximum atomic E-state index is 11.9. The molecule has 1 N–H and O–H groups in total. The molecule has 20 heavy (non-hydrogen) atoms. The van der Waals surface area contributed by atoms with Crippen molar-refractivity contribution in [2.75, 3.05) is 7.11 Å². The SMILES string of the molecule is COC(=O)C(NCc1ccc(C#N)s1)c1ccccc1. The molecule has 0 aliphatic carbocycles. The summed E-state index contributed by atoms with van der Waals surface area (Å²) in [5, 5.41) is 12.0. The summed E-state index contributed by atoms with van der Waals surface area (Å²) in [5.41, 5.74) is 0.858. The standard InChI is InChI=1S/C15H14N2O2S/c1-19-15(18)14(11-5-3-2-4-6-11)17-10-13-8-7-12(9-16)20-13/h2-8,14,17H,10H2,1H3. The van der Waals surface area contributed by atoms with Gasteiger partial charge in [-0.05, 0) is 17.7 Å². The van der Waals surface area contributed by atoms with Crippen LogP contribution in [-0.2, 0) is 16.1 Å². The first-order valence-electron chi connectivity index (χ1n) is 6.09. The van der Waals surface area contributed by atoms with Crippen molar-refractivity contribution in [1.29, 1.82) is 5.26 Å². The Morgan fingerprint density at radius 3 is 2.70 bits per heavy atom. The van der Waals surface area contributed by atoms with Crippen molar-refractivity contribution in [3.63, 3.8) is 0 Å². The molecule has 1 aromatic heterocycles. The number of nitriles is 1. The fourth-order valence-corrected chi connectivity index (χ4v) is 2.59. The highest BCUT2D eigenvalue weighted by Crippen LogP contribution is 2.18. The van der Waals surface area contributed by atoms with E-state index in [2.05, 4.69) is 11.4 Å². The Morgan fingerprint density at radius 1 is 1.35 bits per heavy atom. The maximum Gasteiger partial charge on any atom is 0.327 e. The zero-order chi connectivity index (χ0) is 14.4. The van der Waals surface area contributed by atoms with E-state index in [0.717, 1.165) is 10.4 Å². The number of hydrogen-bond acceptors (Lipinski definition) is 5. The quantitative estimate of drug-likeness (QED) is 0.858. The molecule has 4 nitrogen and oxygen atoms in total. The Morgan fingerprint density at radius 2 is 2.10 bits per heavy atom. The Labute approximate surface area is 121 Å². The van der Waals surface area contributed by atoms with Crippen LogP contribution in [0.4, 0.5) is 0 Å². The van der Waals surface area contributed by atoms with E-state index in [1.807, 2.05) is 36.4 Å². The van der Waals surface area contributed by atoms with Gasteiger partial charge in [-0.1, -0.05) is 30.3 Å². The van der Waals surface area contributed by atoms with Crippen molar-refractivity contribution in [2.24, 2.45) is 0 Å². The molecule has 1 aromatic carbocycles. The number of methoxy groups -OCH3 is 1. The highest BCUT2D eigenvalue weighted by molar-refractivity contribution is 7.12. The minimum absolute atomic E-state index is 0.326. The molecule has 0 fully saturated rings. The predicted molar refractivity (Wildman–Crippen MR) is 77.1 cm³/mol. The van der Waals surface area contributed by atoms with Crippen LogP contribution in [0.1, 0.15) is 21.4 Å². The van der Waals surface area contributed by atoms with Gasteiger partial charge in [-0.15, -0.1) is 11.3 Å². The van der Waals surface area contributed by atoms with Crippen LogP contribution in [0.5, 0.6) is 0 Å². The molecule has 2 aromatic rings. The monoisotopic (exact) mass is 286 g/mol. The molecule has 1 heterocycles. The van der Waals surface area contributed by atoms with E-state index < -0.39 is 6.04 Å². The molecule has 0 aliphatic rings. The number of thiophene rings is 1. The number of carbonyl (C=O) groups is 1. The molecule has 1 atom stereocenters. The topological polar surface area (TPSA) is 62.1 Å². The fraction of sp³-hybridized carbons (Fsp3) is 0.200. The summed E-state index contributed by atoms with van der Waals surface area (Å²) >= 11 is 1.41. The molecule has 0 amide bonds. The van der Waals surface area contributed by atoms with Crippen LogP contribution in [0.2, 0.25) is 0 Å². The average molecular weight is 286 g/mol. The molecule has 1 unspecified atom stereocenters. The first kappa shape index (κ1) is 14.3. The lowest BCUT2D eigenvalue weighted by molar-refractivity contribution is -0.143. The summed E-state index contributed by atoms with van der Waals surface area (Å²) in [6.07, 6.45) is 0. The fourth-order valence-electron chi connectivity index (χ4n) is 1.84. The van der Waals surface area contributed by atoms with Gasteiger partial charge in [-0.3, -0.25) is 5.32 Å². The van der Waals surface area contributed by atoms with Crippen molar-refractivity contribution in [1.82, 2.24) is 5.32 Å². The zero-order valence-corrected chi connectivity index (χ0v) is 11.8. The number of ether oxygens (including phenoxy) is 1. The second kappa shape index (κ2) is 6.85. The molecule has 0 spiro atoms. The van der Waals surface area contributed by atoms with Gasteiger partial charge in [-0.25, -0.2) is 4.79 Å². The van der Waals surface area contributed by atoms with Gasteiger partial charge in [0.1, 0.15) is 17.0 Å². The summed E-state index contributed by atoms with van der Waals surface area (Å²) in [5.74, 6) is -0.326. The van der Waals surface area contributed by atoms with E-state index >= 15 is 0 Å². The molecule has 102 valence electrons. The summed E-state index contributed by atoms with van der Waals surface area (Å²) in [4.78, 5) is 13.5. The van der Waals surface area contributed by atoms with Crippen LogP contribution in [0.25, 0.3) is 0 Å². The van der Waals surface area contributed by atoms with E-state index in [1.54, 1.807) is 6.07 Å². The molecular weight excluding hydrogens is 272 g/mol. The van der Waals surface area contributed by atoms with Gasteiger partial charge in [0.15, 0.2) is 0 Å². The highest BCUT2D eigenvalue weighted by Gasteiger charge is 2.20. The number of hydrogen-bond donors (Lipinski definition) is 1. The molecule has 0 aliphatic heterocycles. The second-order valence-corrected chi connectivity index (χ2v) is 5.29. The van der Waals surface area contributed by atoms with Crippen LogP contribution < -0.4 is 5.32 Å². The van der Waals surface area contributed by atoms with E-state index in [1.165, 1.54) is 18.4 Å². The normalized spacial score (nSPS) is 11.6. The third kappa shape index (κ3) is 3.44. The first-order chi connectivity index (χ1) is 9.74. The van der Waals surface area contributed by atoms with Crippen molar-refractivity contribution in [3.05, 3.63) is 57.8 Å². The van der Waals surface area contributed by atoms with Crippen LogP contribution >= 0.6 is 11.3 Å². The number of benzene rings is 1. The summed E-state index contributed by atoms with van der Waals surface area (Å²) in [6.45, 7) is 0.515. The van der Waals surface area contributed by atoms with Gasteiger partial charge >= 0.3 is 5.97 Å². The molecule has 0 saturated carbocycles. The van der Waals surface area contributed by atoms with Crippen LogP contribution in [0.3, 0.4) is 0 Å². The Hall–Kier alpha value is -2.16. The van der Waals surface area contributed by atoms with Crippen LogP contribution in [0.15, 0.2) is 42.5 Å². The lowest BCUT2D eigenvalue weighted by Gasteiger charge is -2.16. The van der Waals surface area contributed by atoms with E-state index in [0.29, 0.717) is 11.4 Å². The Balaban J connectivity index is 2.09. The van der Waals surface area contributed by atoms with Gasteiger partial charge in [-0.2, -0.15) is 5.26 Å². The molecule has 0 bridgehead atoms. The number of nitrogens with zero attached hydrogens (tertiary/aromatic N) is 1. The minimum atomic E-state index is -0.506. The average Bonchev–Trinajstić information content (AvgIpc) is 2.96. The van der Waals surface area contributed by atoms with E-state index in [-0.39, 0.29) is 5.97 Å². The zero-order valence-electron chi connectivity index (χ0n) is 11.0. The maximum absolute atomic E-state index is 11.9. The largest absolute Gasteiger partial charge is 0.468 e. The number of nitrogens with one attached hydrogen (secondary N) is 1. The van der Waals surface area contributed by atoms with Gasteiger partial charge in [0, 0.05) is 11.4 Å². The lowest BCUT2D eigenvalue weighted by Crippen LogP contribution is -2.29. The van der Waals surface area contributed by atoms with Crippen molar-refractivity contribution < 1.29 is 9.53 Å². The number of esters is 1. The van der Waals surface area contributed by atoms with Gasteiger partial charge in [0.2, 0.25) is 0 Å². The Kier molecular flexibility index (Phi) is 4.88. The van der Waals surface area contributed by atoms with E-state index in [4.69, 9.17) is 10.00 Å². The highest BCUT2D eigenvalue weighted by atomic mass is 32.1. The summed E-state index contributed by atoms with van der Waals surface area (Å²) in [7, 11) is 1.37. The number of carbonyl (C=O) groups excluding carboxylic acids is 1. The van der Waals surface area contributed by atoms with Crippen LogP contribution in [0, 0.1) is 11.3 Å². The molecular formula is C15H14N2O2S. The molecule has 0 radical (unpaired) electrons. The molecule has 2 rings (SSSR count). The summed E-state index contributed by atoms with van der Waals surface area (Å²) in [6, 6.07) is 14.7. The van der Waals surface area contributed by atoms with Crippen molar-refractivity contribution in [3.8, 4) is 6.07 Å². The van der Waals surface area contributed by atoms with Crippen LogP contribution in [-0.4, -0.2) is 13.1 Å². The van der Waals surface area contributed by atoms with Crippen molar-refractivity contribution >= 4 is 17.3 Å². The smallest absolute Gasteiger partial charge is 0.327 e. The third-order valence-corrected chi connectivity index (χ3v) is 3.81. The third-order valence-electron chi connectivity index (χ3n) is 2.82. The van der Waals surface area contributed by atoms with Crippen molar-refractivity contribution in [2.45, 2.75) is 12.6 Å². The number of rotatable bonds is 5. The van der Waals surface area contributed by atoms with Gasteiger partial charge in [0.25, 0.3) is 0 Å². The summed E-state index contributed by atoms with van der Waals surface area (Å²) < 4.78 is 4.83. The van der Waals surface area contributed by atoms with Gasteiger partial charge in [0.05, 0.1) is 7.11 Å². The molecule has 5 heteroatoms.